The SMILES string of the molecule is CC(C)(C)NCCOc1ccccc1C(N)=O. The fourth-order valence-electron chi connectivity index (χ4n) is 1.38. The summed E-state index contributed by atoms with van der Waals surface area (Å²) in [5.74, 6) is 0.0695. The van der Waals surface area contributed by atoms with Crippen molar-refractivity contribution in [3.05, 3.63) is 29.8 Å². The standard InChI is InChI=1S/C13H20N2O2/c1-13(2,3)15-8-9-17-11-7-5-4-6-10(11)12(14)16/h4-7,15H,8-9H2,1-3H3,(H2,14,16). The van der Waals surface area contributed by atoms with E-state index < -0.39 is 5.91 Å². The number of carbonyl (C=O) groups is 1. The summed E-state index contributed by atoms with van der Waals surface area (Å²) in [6.07, 6.45) is 0. The van der Waals surface area contributed by atoms with Crippen LogP contribution in [0.25, 0.3) is 0 Å². The maximum atomic E-state index is 11.1. The van der Waals surface area contributed by atoms with Crippen LogP contribution < -0.4 is 15.8 Å². The number of hydrogen-bond acceptors (Lipinski definition) is 3. The van der Waals surface area contributed by atoms with Crippen molar-refractivity contribution in [1.29, 1.82) is 0 Å². The van der Waals surface area contributed by atoms with Gasteiger partial charge in [-0.25, -0.2) is 0 Å². The lowest BCUT2D eigenvalue weighted by Gasteiger charge is -2.20. The molecule has 0 saturated carbocycles. The van der Waals surface area contributed by atoms with E-state index in [2.05, 4.69) is 26.1 Å². The van der Waals surface area contributed by atoms with Gasteiger partial charge in [-0.1, -0.05) is 12.1 Å². The number of hydrogen-bond donors (Lipinski definition) is 2. The number of nitrogens with one attached hydrogen (secondary N) is 1. The molecule has 0 aliphatic rings. The van der Waals surface area contributed by atoms with E-state index in [1.807, 2.05) is 6.07 Å². The minimum Gasteiger partial charge on any atom is -0.491 e. The van der Waals surface area contributed by atoms with Gasteiger partial charge in [0.15, 0.2) is 0 Å². The van der Waals surface area contributed by atoms with Crippen LogP contribution in [-0.2, 0) is 0 Å². The summed E-state index contributed by atoms with van der Waals surface area (Å²) in [7, 11) is 0. The molecule has 0 aliphatic carbocycles. The highest BCUT2D eigenvalue weighted by Gasteiger charge is 2.10. The molecule has 0 heterocycles. The van der Waals surface area contributed by atoms with Gasteiger partial charge >= 0.3 is 0 Å². The second-order valence-corrected chi connectivity index (χ2v) is 4.89. The molecule has 3 N–H and O–H groups in total. The average Bonchev–Trinajstić information content (AvgIpc) is 2.23. The molecule has 0 unspecified atom stereocenters. The third kappa shape index (κ3) is 4.87. The highest BCUT2D eigenvalue weighted by Crippen LogP contribution is 2.16. The van der Waals surface area contributed by atoms with E-state index in [0.29, 0.717) is 17.9 Å². The first kappa shape index (κ1) is 13.5. The Bertz CT molecular complexity index is 383. The summed E-state index contributed by atoms with van der Waals surface area (Å²) < 4.78 is 5.53. The number of primary amides is 1. The summed E-state index contributed by atoms with van der Waals surface area (Å²) in [6.45, 7) is 7.48. The van der Waals surface area contributed by atoms with Crippen molar-refractivity contribution in [3.8, 4) is 5.75 Å². The fourth-order valence-corrected chi connectivity index (χ4v) is 1.38. The van der Waals surface area contributed by atoms with Crippen LogP contribution in [0.4, 0.5) is 0 Å². The molecule has 1 rings (SSSR count). The Hall–Kier alpha value is -1.55. The smallest absolute Gasteiger partial charge is 0.252 e. The molecule has 0 bridgehead atoms. The van der Waals surface area contributed by atoms with Crippen molar-refractivity contribution in [3.63, 3.8) is 0 Å². The number of nitrogens with two attached hydrogens (primary N) is 1. The van der Waals surface area contributed by atoms with Gasteiger partial charge < -0.3 is 15.8 Å². The summed E-state index contributed by atoms with van der Waals surface area (Å²) in [4.78, 5) is 11.1. The first-order valence-electron chi connectivity index (χ1n) is 5.67. The number of ether oxygens (including phenoxy) is 1. The van der Waals surface area contributed by atoms with Crippen LogP contribution in [0.15, 0.2) is 24.3 Å². The van der Waals surface area contributed by atoms with E-state index >= 15 is 0 Å². The minimum atomic E-state index is -0.468. The molecule has 0 saturated heterocycles. The van der Waals surface area contributed by atoms with Crippen LogP contribution in [0.5, 0.6) is 5.75 Å². The molecule has 4 nitrogen and oxygen atoms in total. The lowest BCUT2D eigenvalue weighted by atomic mass is 10.1. The molecule has 0 radical (unpaired) electrons. The van der Waals surface area contributed by atoms with E-state index in [1.165, 1.54) is 0 Å². The fraction of sp³-hybridized carbons (Fsp3) is 0.462. The minimum absolute atomic E-state index is 0.0621. The summed E-state index contributed by atoms with van der Waals surface area (Å²) in [6, 6.07) is 6.99. The predicted octanol–water partition coefficient (Wildman–Crippen LogP) is 1.55. The first-order chi connectivity index (χ1) is 7.90. The normalized spacial score (nSPS) is 11.2. The van der Waals surface area contributed by atoms with E-state index in [4.69, 9.17) is 10.5 Å². The van der Waals surface area contributed by atoms with Gasteiger partial charge in [0.05, 0.1) is 5.56 Å². The van der Waals surface area contributed by atoms with E-state index in [0.717, 1.165) is 6.54 Å². The largest absolute Gasteiger partial charge is 0.491 e. The molecule has 0 aliphatic heterocycles. The van der Waals surface area contributed by atoms with Crippen molar-refractivity contribution >= 4 is 5.91 Å². The van der Waals surface area contributed by atoms with Gasteiger partial charge in [0.1, 0.15) is 12.4 Å². The molecule has 0 spiro atoms. The molecule has 1 aromatic rings. The van der Waals surface area contributed by atoms with Crippen LogP contribution >= 0.6 is 0 Å². The van der Waals surface area contributed by atoms with E-state index in [1.54, 1.807) is 18.2 Å². The van der Waals surface area contributed by atoms with Gasteiger partial charge in [0.2, 0.25) is 0 Å². The van der Waals surface area contributed by atoms with Crippen molar-refractivity contribution in [1.82, 2.24) is 5.32 Å². The van der Waals surface area contributed by atoms with Crippen LogP contribution in [0.2, 0.25) is 0 Å². The summed E-state index contributed by atoms with van der Waals surface area (Å²) in [5.41, 5.74) is 5.74. The summed E-state index contributed by atoms with van der Waals surface area (Å²) in [5, 5.41) is 3.30. The lowest BCUT2D eigenvalue weighted by molar-refractivity contribution is 0.0996. The topological polar surface area (TPSA) is 64.3 Å². The van der Waals surface area contributed by atoms with Crippen molar-refractivity contribution in [2.45, 2.75) is 26.3 Å². The maximum Gasteiger partial charge on any atom is 0.252 e. The highest BCUT2D eigenvalue weighted by molar-refractivity contribution is 5.95. The van der Waals surface area contributed by atoms with E-state index in [9.17, 15) is 4.79 Å². The maximum absolute atomic E-state index is 11.1. The Morgan fingerprint density at radius 3 is 2.59 bits per heavy atom. The third-order valence-corrected chi connectivity index (χ3v) is 2.17. The predicted molar refractivity (Wildman–Crippen MR) is 68.2 cm³/mol. The first-order valence-corrected chi connectivity index (χ1v) is 5.67. The molecular weight excluding hydrogens is 216 g/mol. The Balaban J connectivity index is 2.49. The highest BCUT2D eigenvalue weighted by atomic mass is 16.5. The molecule has 0 fully saturated rings. The van der Waals surface area contributed by atoms with Gasteiger partial charge in [-0.15, -0.1) is 0 Å². The molecule has 1 amide bonds. The molecule has 94 valence electrons. The lowest BCUT2D eigenvalue weighted by Crippen LogP contribution is -2.38. The summed E-state index contributed by atoms with van der Waals surface area (Å²) >= 11 is 0. The molecule has 17 heavy (non-hydrogen) atoms. The van der Waals surface area contributed by atoms with Gasteiger partial charge in [0, 0.05) is 12.1 Å². The van der Waals surface area contributed by atoms with Gasteiger partial charge in [-0.05, 0) is 32.9 Å². The molecule has 0 atom stereocenters. The number of amides is 1. The Morgan fingerprint density at radius 1 is 1.35 bits per heavy atom. The third-order valence-electron chi connectivity index (χ3n) is 2.17. The second-order valence-electron chi connectivity index (χ2n) is 4.89. The zero-order valence-electron chi connectivity index (χ0n) is 10.6. The average molecular weight is 236 g/mol. The Kier molecular flexibility index (Phi) is 4.52. The quantitative estimate of drug-likeness (QED) is 0.762. The Morgan fingerprint density at radius 2 is 2.00 bits per heavy atom. The molecule has 4 heteroatoms. The zero-order chi connectivity index (χ0) is 12.9. The van der Waals surface area contributed by atoms with Crippen LogP contribution in [0.3, 0.4) is 0 Å². The van der Waals surface area contributed by atoms with E-state index in [-0.39, 0.29) is 5.54 Å². The number of para-hydroxylation sites is 1. The van der Waals surface area contributed by atoms with Gasteiger partial charge in [0.25, 0.3) is 5.91 Å². The molecule has 0 aromatic heterocycles. The van der Waals surface area contributed by atoms with Crippen LogP contribution in [-0.4, -0.2) is 24.6 Å². The number of carbonyl (C=O) groups excluding carboxylic acids is 1. The number of benzene rings is 1. The van der Waals surface area contributed by atoms with Crippen molar-refractivity contribution in [2.75, 3.05) is 13.2 Å². The van der Waals surface area contributed by atoms with Crippen LogP contribution in [0.1, 0.15) is 31.1 Å². The van der Waals surface area contributed by atoms with Crippen LogP contribution in [0, 0.1) is 0 Å². The Labute approximate surface area is 102 Å². The monoisotopic (exact) mass is 236 g/mol. The molecule has 1 aromatic carbocycles. The van der Waals surface area contributed by atoms with Gasteiger partial charge in [-0.3, -0.25) is 4.79 Å². The number of rotatable bonds is 5. The van der Waals surface area contributed by atoms with Gasteiger partial charge in [-0.2, -0.15) is 0 Å². The zero-order valence-corrected chi connectivity index (χ0v) is 10.6. The molecular formula is C13H20N2O2. The van der Waals surface area contributed by atoms with Crippen molar-refractivity contribution in [2.24, 2.45) is 5.73 Å². The van der Waals surface area contributed by atoms with Crippen molar-refractivity contribution < 1.29 is 9.53 Å². The second kappa shape index (κ2) is 5.68.